The Morgan fingerprint density at radius 1 is 0.606 bits per heavy atom. The van der Waals surface area contributed by atoms with Crippen molar-refractivity contribution in [3.63, 3.8) is 0 Å². The van der Waals surface area contributed by atoms with Crippen molar-refractivity contribution < 1.29 is 167 Å². The molecule has 4 saturated heterocycles. The van der Waals surface area contributed by atoms with Gasteiger partial charge in [-0.15, -0.1) is 0 Å². The van der Waals surface area contributed by atoms with Crippen LogP contribution in [0.25, 0.3) is 0 Å². The summed E-state index contributed by atoms with van der Waals surface area (Å²) in [4.78, 5) is 142. The summed E-state index contributed by atoms with van der Waals surface area (Å²) in [6, 6.07) is -9.57. The molecule has 4 fully saturated rings. The maximum atomic E-state index is 13.2. The zero-order valence-corrected chi connectivity index (χ0v) is 56.7. The van der Waals surface area contributed by atoms with Crippen LogP contribution in [0, 0.1) is 0 Å². The van der Waals surface area contributed by atoms with E-state index in [-0.39, 0.29) is 70.6 Å². The molecule has 4 aliphatic heterocycles. The number of carbonyl (C=O) groups is 11. The Bertz CT molecular complexity index is 2890. The number of hydrogen-bond acceptors (Lipinski definition) is 33. The average Bonchev–Trinajstić information content (AvgIpc) is 0.754. The van der Waals surface area contributed by atoms with Crippen LogP contribution in [0.2, 0.25) is 0 Å². The lowest BCUT2D eigenvalue weighted by Gasteiger charge is -2.51. The molecule has 0 bridgehead atoms. The van der Waals surface area contributed by atoms with E-state index in [1.54, 1.807) is 0 Å². The molecular formula is C58H98N12O34. The monoisotopic (exact) mass is 1510 g/mol. The van der Waals surface area contributed by atoms with E-state index in [0.717, 1.165) is 13.8 Å². The normalized spacial score (nSPS) is 30.8. The number of hydrogen-bond donors (Lipinski definition) is 26. The molecule has 4 heterocycles. The third-order valence-corrected chi connectivity index (χ3v) is 16.6. The molecule has 46 heteroatoms. The van der Waals surface area contributed by atoms with Crippen molar-refractivity contribution >= 4 is 71.1 Å². The van der Waals surface area contributed by atoms with Gasteiger partial charge in [0.15, 0.2) is 24.8 Å². The van der Waals surface area contributed by atoms with Crippen LogP contribution in [-0.4, -0.2) is 359 Å². The molecule has 104 heavy (non-hydrogen) atoms. The summed E-state index contributed by atoms with van der Waals surface area (Å²) in [5, 5.41) is 176. The largest absolute Gasteiger partial charge is 0.481 e. The van der Waals surface area contributed by atoms with Gasteiger partial charge in [0.25, 0.3) is 5.79 Å². The van der Waals surface area contributed by atoms with Gasteiger partial charge in [0.1, 0.15) is 104 Å². The lowest BCUT2D eigenvalue weighted by Crippen LogP contribution is -2.71. The fourth-order valence-corrected chi connectivity index (χ4v) is 11.2. The summed E-state index contributed by atoms with van der Waals surface area (Å²) in [5.41, 5.74) is 16.8. The number of carbonyl (C=O) groups excluding carboxylic acids is 8. The Morgan fingerprint density at radius 2 is 1.20 bits per heavy atom. The molecule has 0 aromatic rings. The fraction of sp³-hybridized carbons (Fsp3) is 0.793. The molecule has 0 saturated carbocycles. The van der Waals surface area contributed by atoms with Crippen molar-refractivity contribution in [3.8, 4) is 0 Å². The standard InChI is InChI=1S/C58H98N12O34/c1-22-39(84)42(87)43(88)54(98-22)102-47-38(67-24(3)76)53(100-32(21-74)45(47)101-55-44(89)48(41(86)31(20-73)99-55)104-58(56(95)96)15-29(77)37(66-23(2)75)46(103-58)40(85)30(78)19-72)97-13-7-10-33(79)62-11-5-4-8-25(59)49(90)64-16-34(80)68-26(9-6-12-63-57(60)61)50(91)65-17-35(81)69-27(14-36(82)83)51(92)70-28(18-71)52(93)94/h22,25-32,37-48,53-55,71-74,77-78,84-89H,4-21,59H2,1-3H3,(H,62,79)(H,64,90)(H,65,91)(H,66,75)(H,67,76)(H,68,80)(H,69,81)(H,70,92)(H,82,83)(H,93,94)(H,95,96)(H4,60,61,63)/t22-,25-,26-,27-,28-,29+,30+,31-,32?,37+,38-,39+,40+,41-,42-,43-,44?,45+,46?,47+,48-,53?,54-,55+,58-/m0/s1. The second kappa shape index (κ2) is 42.7. The van der Waals surface area contributed by atoms with Gasteiger partial charge in [-0.05, 0) is 45.4 Å². The molecule has 0 aromatic carbocycles. The number of nitrogens with two attached hydrogens (primary N) is 3. The van der Waals surface area contributed by atoms with E-state index in [2.05, 4.69) is 36.9 Å². The van der Waals surface area contributed by atoms with Crippen LogP contribution in [0.1, 0.15) is 78.6 Å². The van der Waals surface area contributed by atoms with Gasteiger partial charge in [0.2, 0.25) is 47.3 Å². The highest BCUT2D eigenvalue weighted by Gasteiger charge is 2.61. The Kier molecular flexibility index (Phi) is 36.5. The van der Waals surface area contributed by atoms with Gasteiger partial charge in [-0.3, -0.25) is 48.1 Å². The first kappa shape index (κ1) is 89.0. The number of aliphatic hydroxyl groups is 12. The highest BCUT2D eigenvalue weighted by atomic mass is 16.8. The summed E-state index contributed by atoms with van der Waals surface area (Å²) in [7, 11) is 0. The van der Waals surface area contributed by atoms with Crippen molar-refractivity contribution in [2.45, 2.75) is 231 Å². The van der Waals surface area contributed by atoms with Gasteiger partial charge in [-0.25, -0.2) is 9.59 Å². The summed E-state index contributed by atoms with van der Waals surface area (Å²) < 4.78 is 47.4. The van der Waals surface area contributed by atoms with Crippen molar-refractivity contribution in [3.05, 3.63) is 0 Å². The smallest absolute Gasteiger partial charge is 0.364 e. The Labute approximate surface area is 591 Å². The molecule has 0 spiro atoms. The molecule has 0 aromatic heterocycles. The molecule has 0 aliphatic carbocycles. The third kappa shape index (κ3) is 26.3. The van der Waals surface area contributed by atoms with Gasteiger partial charge in [-0.1, -0.05) is 0 Å². The quantitative estimate of drug-likeness (QED) is 0.0153. The van der Waals surface area contributed by atoms with Gasteiger partial charge in [0.05, 0.1) is 76.8 Å². The Hall–Kier alpha value is -7.40. The number of guanidine groups is 1. The maximum absolute atomic E-state index is 13.2. The van der Waals surface area contributed by atoms with E-state index in [9.17, 15) is 124 Å². The number of aliphatic hydroxyl groups excluding tert-OH is 12. The number of aliphatic carboxylic acids is 3. The van der Waals surface area contributed by atoms with Crippen LogP contribution in [0.15, 0.2) is 4.99 Å². The lowest BCUT2D eigenvalue weighted by molar-refractivity contribution is -0.391. The first-order valence-corrected chi connectivity index (χ1v) is 32.8. The Balaban J connectivity index is 1.39. The van der Waals surface area contributed by atoms with E-state index < -0.39 is 270 Å². The van der Waals surface area contributed by atoms with E-state index >= 15 is 0 Å². The molecular weight excluding hydrogens is 1410 g/mol. The number of carboxylic acids is 3. The number of nitrogens with zero attached hydrogens (tertiary/aromatic N) is 1. The second-order valence-electron chi connectivity index (χ2n) is 24.7. The van der Waals surface area contributed by atoms with Crippen LogP contribution in [0.3, 0.4) is 0 Å². The van der Waals surface area contributed by atoms with E-state index in [1.165, 1.54) is 6.92 Å². The van der Waals surface area contributed by atoms with Gasteiger partial charge < -0.3 is 174 Å². The topological polar surface area (TPSA) is 752 Å². The van der Waals surface area contributed by atoms with Crippen LogP contribution in [0.4, 0.5) is 0 Å². The summed E-state index contributed by atoms with van der Waals surface area (Å²) in [6.45, 7) is -2.94. The van der Waals surface area contributed by atoms with Gasteiger partial charge >= 0.3 is 17.9 Å². The lowest BCUT2D eigenvalue weighted by atomic mass is 9.88. The summed E-state index contributed by atoms with van der Waals surface area (Å²) in [5.74, 6) is -16.0. The molecule has 25 atom stereocenters. The minimum atomic E-state index is -3.21. The predicted molar refractivity (Wildman–Crippen MR) is 339 cm³/mol. The van der Waals surface area contributed by atoms with Crippen molar-refractivity contribution in [2.75, 3.05) is 59.2 Å². The first-order chi connectivity index (χ1) is 48.9. The minimum absolute atomic E-state index is 0.0122. The molecule has 4 rings (SSSR count). The van der Waals surface area contributed by atoms with Crippen LogP contribution < -0.4 is 59.7 Å². The van der Waals surface area contributed by atoms with Crippen LogP contribution in [-0.2, 0) is 90.6 Å². The summed E-state index contributed by atoms with van der Waals surface area (Å²) >= 11 is 0. The van der Waals surface area contributed by atoms with Crippen molar-refractivity contribution in [1.29, 1.82) is 0 Å². The van der Waals surface area contributed by atoms with Crippen LogP contribution >= 0.6 is 0 Å². The van der Waals surface area contributed by atoms with Crippen LogP contribution in [0.5, 0.6) is 0 Å². The first-order valence-electron chi connectivity index (χ1n) is 32.8. The molecule has 4 aliphatic rings. The number of unbranched alkanes of at least 4 members (excludes halogenated alkanes) is 1. The van der Waals surface area contributed by atoms with Gasteiger partial charge in [0, 0.05) is 39.8 Å². The zero-order valence-electron chi connectivity index (χ0n) is 56.7. The predicted octanol–water partition coefficient (Wildman–Crippen LogP) is -14.5. The average molecular weight is 1510 g/mol. The number of nitrogens with one attached hydrogen (secondary N) is 8. The number of carboxylic acid groups (broad SMARTS) is 3. The van der Waals surface area contributed by atoms with E-state index in [0.29, 0.717) is 0 Å². The number of amides is 8. The number of ether oxygens (including phenoxy) is 8. The fourth-order valence-electron chi connectivity index (χ4n) is 11.2. The molecule has 29 N–H and O–H groups in total. The van der Waals surface area contributed by atoms with Crippen molar-refractivity contribution in [2.24, 2.45) is 22.2 Å². The Morgan fingerprint density at radius 3 is 1.78 bits per heavy atom. The van der Waals surface area contributed by atoms with Gasteiger partial charge in [-0.2, -0.15) is 0 Å². The molecule has 594 valence electrons. The van der Waals surface area contributed by atoms with Crippen molar-refractivity contribution in [1.82, 2.24) is 42.5 Å². The minimum Gasteiger partial charge on any atom is -0.481 e. The highest BCUT2D eigenvalue weighted by molar-refractivity contribution is 5.95. The second-order valence-corrected chi connectivity index (χ2v) is 24.7. The molecule has 8 amide bonds. The molecule has 4 unspecified atom stereocenters. The zero-order chi connectivity index (χ0) is 78.0. The highest BCUT2D eigenvalue weighted by Crippen LogP contribution is 2.39. The number of rotatable bonds is 42. The maximum Gasteiger partial charge on any atom is 0.364 e. The summed E-state index contributed by atoms with van der Waals surface area (Å²) in [6.07, 6.45) is -37.4. The number of aliphatic imine (C=N–C) groups is 1. The molecule has 46 nitrogen and oxygen atoms in total. The SMILES string of the molecule is CC(=O)N[C@@H]1C(OCCCC(=O)NCCCC[C@H](N)C(=O)NCC(=O)N[C@@H](CCCN=C(N)N)C(=O)NCC(=O)N[C@@H](CC(=O)O)C(=O)N[C@@H](CO)C(=O)O)OC(CO)[C@@H](O[C@H]2O[C@@H](CO)[C@H](O)[C@H](O[C@]3(C(=O)O)C[C@@H](O)[C@@H](NC(C)=O)C([C@H](O)[C@H](O)CO)O3)C2O)[C@@H]1O[C@@H]1O[C@@H](C)[C@@H](O)[C@H](O)[C@@H]1O. The van der Waals surface area contributed by atoms with E-state index in [1.807, 2.05) is 10.6 Å². The van der Waals surface area contributed by atoms with E-state index in [4.69, 9.17) is 60.2 Å². The third-order valence-electron chi connectivity index (χ3n) is 16.6. The molecule has 0 radical (unpaired) electrons.